The van der Waals surface area contributed by atoms with E-state index in [1.165, 1.54) is 0 Å². The number of carboxylic acids is 1. The Labute approximate surface area is 118 Å². The SMILES string of the molecule is CCc1cnc(CNc2ccc(Br)cc2C(=O)O)o1. The summed E-state index contributed by atoms with van der Waals surface area (Å²) in [5.74, 6) is 0.368. The molecule has 19 heavy (non-hydrogen) atoms. The minimum atomic E-state index is -0.981. The molecule has 1 heterocycles. The third kappa shape index (κ3) is 3.35. The van der Waals surface area contributed by atoms with Crippen molar-refractivity contribution in [1.29, 1.82) is 0 Å². The first-order chi connectivity index (χ1) is 9.10. The maximum absolute atomic E-state index is 11.1. The van der Waals surface area contributed by atoms with Crippen molar-refractivity contribution in [3.63, 3.8) is 0 Å². The van der Waals surface area contributed by atoms with E-state index in [1.54, 1.807) is 24.4 Å². The summed E-state index contributed by atoms with van der Waals surface area (Å²) in [5.41, 5.74) is 0.739. The van der Waals surface area contributed by atoms with Crippen LogP contribution in [0.3, 0.4) is 0 Å². The van der Waals surface area contributed by atoms with Crippen LogP contribution < -0.4 is 5.32 Å². The number of nitrogens with zero attached hydrogens (tertiary/aromatic N) is 1. The summed E-state index contributed by atoms with van der Waals surface area (Å²) in [6.07, 6.45) is 2.46. The molecule has 5 nitrogen and oxygen atoms in total. The highest BCUT2D eigenvalue weighted by molar-refractivity contribution is 9.10. The van der Waals surface area contributed by atoms with Gasteiger partial charge in [-0.1, -0.05) is 22.9 Å². The lowest BCUT2D eigenvalue weighted by Gasteiger charge is -2.08. The second-order valence-corrected chi connectivity index (χ2v) is 4.84. The normalized spacial score (nSPS) is 10.4. The Morgan fingerprint density at radius 2 is 2.32 bits per heavy atom. The molecule has 0 amide bonds. The number of oxazole rings is 1. The van der Waals surface area contributed by atoms with Crippen molar-refractivity contribution < 1.29 is 14.3 Å². The molecule has 6 heteroatoms. The number of hydrogen-bond donors (Lipinski definition) is 2. The number of aromatic carboxylic acids is 1. The molecule has 0 atom stereocenters. The van der Waals surface area contributed by atoms with Crippen molar-refractivity contribution >= 4 is 27.6 Å². The number of nitrogens with one attached hydrogen (secondary N) is 1. The number of rotatable bonds is 5. The van der Waals surface area contributed by atoms with Gasteiger partial charge in [0.2, 0.25) is 5.89 Å². The summed E-state index contributed by atoms with van der Waals surface area (Å²) < 4.78 is 6.17. The van der Waals surface area contributed by atoms with Gasteiger partial charge >= 0.3 is 5.97 Å². The average molecular weight is 325 g/mol. The Balaban J connectivity index is 2.12. The quantitative estimate of drug-likeness (QED) is 0.882. The molecule has 0 unspecified atom stereocenters. The van der Waals surface area contributed by atoms with Crippen molar-refractivity contribution in [3.8, 4) is 0 Å². The molecular formula is C13H13BrN2O3. The molecule has 0 radical (unpaired) electrons. The molecule has 2 aromatic rings. The molecule has 0 spiro atoms. The summed E-state index contributed by atoms with van der Waals surface area (Å²) in [5, 5.41) is 12.1. The van der Waals surface area contributed by atoms with Crippen molar-refractivity contribution in [2.75, 3.05) is 5.32 Å². The highest BCUT2D eigenvalue weighted by Gasteiger charge is 2.11. The lowest BCUT2D eigenvalue weighted by atomic mass is 10.2. The van der Waals surface area contributed by atoms with E-state index in [4.69, 9.17) is 9.52 Å². The average Bonchev–Trinajstić information content (AvgIpc) is 2.85. The Kier molecular flexibility index (Phi) is 4.21. The van der Waals surface area contributed by atoms with Gasteiger partial charge in [0.15, 0.2) is 0 Å². The number of carboxylic acid groups (broad SMARTS) is 1. The largest absolute Gasteiger partial charge is 0.478 e. The van der Waals surface area contributed by atoms with Gasteiger partial charge in [-0.3, -0.25) is 0 Å². The maximum atomic E-state index is 11.1. The summed E-state index contributed by atoms with van der Waals surface area (Å²) in [4.78, 5) is 15.2. The molecule has 1 aromatic heterocycles. The molecule has 0 aliphatic heterocycles. The topological polar surface area (TPSA) is 75.4 Å². The fourth-order valence-corrected chi connectivity index (χ4v) is 1.97. The van der Waals surface area contributed by atoms with Crippen molar-refractivity contribution in [1.82, 2.24) is 4.98 Å². The van der Waals surface area contributed by atoms with E-state index < -0.39 is 5.97 Å². The number of aryl methyl sites for hydroxylation is 1. The predicted octanol–water partition coefficient (Wildman–Crippen LogP) is 3.31. The van der Waals surface area contributed by atoms with Crippen LogP contribution in [-0.2, 0) is 13.0 Å². The molecule has 1 aromatic carbocycles. The predicted molar refractivity (Wildman–Crippen MR) is 74.3 cm³/mol. The number of aromatic nitrogens is 1. The summed E-state index contributed by atoms with van der Waals surface area (Å²) in [6.45, 7) is 2.33. The fourth-order valence-electron chi connectivity index (χ4n) is 1.61. The first kappa shape index (κ1) is 13.6. The van der Waals surface area contributed by atoms with E-state index in [1.807, 2.05) is 6.92 Å². The van der Waals surface area contributed by atoms with Crippen LogP contribution in [0.4, 0.5) is 5.69 Å². The molecule has 0 aliphatic rings. The molecule has 0 saturated heterocycles. The highest BCUT2D eigenvalue weighted by atomic mass is 79.9. The van der Waals surface area contributed by atoms with Crippen molar-refractivity contribution in [3.05, 3.63) is 46.1 Å². The van der Waals surface area contributed by atoms with Gasteiger partial charge in [-0.05, 0) is 18.2 Å². The van der Waals surface area contributed by atoms with Gasteiger partial charge in [0.25, 0.3) is 0 Å². The molecule has 2 rings (SSSR count). The van der Waals surface area contributed by atoms with Crippen LogP contribution in [0.25, 0.3) is 0 Å². The van der Waals surface area contributed by atoms with Gasteiger partial charge in [0, 0.05) is 16.6 Å². The molecule has 0 aliphatic carbocycles. The van der Waals surface area contributed by atoms with Crippen LogP contribution in [0.5, 0.6) is 0 Å². The lowest BCUT2D eigenvalue weighted by molar-refractivity contribution is 0.0698. The third-order valence-corrected chi connectivity index (χ3v) is 3.09. The first-order valence-corrected chi connectivity index (χ1v) is 6.59. The van der Waals surface area contributed by atoms with Crippen LogP contribution in [0, 0.1) is 0 Å². The van der Waals surface area contributed by atoms with Gasteiger partial charge in [-0.2, -0.15) is 0 Å². The molecule has 0 bridgehead atoms. The van der Waals surface area contributed by atoms with Gasteiger partial charge in [-0.15, -0.1) is 0 Å². The van der Waals surface area contributed by atoms with Gasteiger partial charge in [0.1, 0.15) is 5.76 Å². The van der Waals surface area contributed by atoms with E-state index in [9.17, 15) is 4.79 Å². The van der Waals surface area contributed by atoms with Crippen LogP contribution in [0.1, 0.15) is 28.9 Å². The maximum Gasteiger partial charge on any atom is 0.337 e. The van der Waals surface area contributed by atoms with Crippen molar-refractivity contribution in [2.45, 2.75) is 19.9 Å². The van der Waals surface area contributed by atoms with E-state index >= 15 is 0 Å². The number of hydrogen-bond acceptors (Lipinski definition) is 4. The third-order valence-electron chi connectivity index (χ3n) is 2.59. The van der Waals surface area contributed by atoms with Crippen LogP contribution in [-0.4, -0.2) is 16.1 Å². The lowest BCUT2D eigenvalue weighted by Crippen LogP contribution is -2.06. The van der Waals surface area contributed by atoms with Gasteiger partial charge < -0.3 is 14.8 Å². The molecular weight excluding hydrogens is 312 g/mol. The monoisotopic (exact) mass is 324 g/mol. The van der Waals surface area contributed by atoms with E-state index in [0.717, 1.165) is 16.7 Å². The van der Waals surface area contributed by atoms with Crippen LogP contribution in [0.15, 0.2) is 33.3 Å². The summed E-state index contributed by atoms with van der Waals surface area (Å²) in [6, 6.07) is 5.04. The number of anilines is 1. The second kappa shape index (κ2) is 5.88. The van der Waals surface area contributed by atoms with Crippen molar-refractivity contribution in [2.24, 2.45) is 0 Å². The zero-order chi connectivity index (χ0) is 13.8. The minimum absolute atomic E-state index is 0.205. The minimum Gasteiger partial charge on any atom is -0.478 e. The van der Waals surface area contributed by atoms with E-state index in [2.05, 4.69) is 26.2 Å². The van der Waals surface area contributed by atoms with E-state index in [-0.39, 0.29) is 5.56 Å². The summed E-state index contributed by atoms with van der Waals surface area (Å²) >= 11 is 3.25. The smallest absolute Gasteiger partial charge is 0.337 e. The molecule has 0 saturated carbocycles. The Bertz CT molecular complexity index is 595. The zero-order valence-corrected chi connectivity index (χ0v) is 11.9. The van der Waals surface area contributed by atoms with Gasteiger partial charge in [0.05, 0.1) is 18.3 Å². The fraction of sp³-hybridized carbons (Fsp3) is 0.231. The zero-order valence-electron chi connectivity index (χ0n) is 10.3. The Morgan fingerprint density at radius 3 is 2.95 bits per heavy atom. The number of halogens is 1. The first-order valence-electron chi connectivity index (χ1n) is 5.80. The second-order valence-electron chi connectivity index (χ2n) is 3.92. The Morgan fingerprint density at radius 1 is 1.53 bits per heavy atom. The standard InChI is InChI=1S/C13H13BrN2O3/c1-2-9-6-16-12(19-9)7-15-11-4-3-8(14)5-10(11)13(17)18/h3-6,15H,2,7H2,1H3,(H,17,18). The van der Waals surface area contributed by atoms with Gasteiger partial charge in [-0.25, -0.2) is 9.78 Å². The molecule has 100 valence electrons. The van der Waals surface area contributed by atoms with E-state index in [0.29, 0.717) is 18.1 Å². The highest BCUT2D eigenvalue weighted by Crippen LogP contribution is 2.21. The number of carbonyl (C=O) groups is 1. The molecule has 0 fully saturated rings. The summed E-state index contributed by atoms with van der Waals surface area (Å²) in [7, 11) is 0. The number of benzene rings is 1. The van der Waals surface area contributed by atoms with Crippen LogP contribution in [0.2, 0.25) is 0 Å². The molecule has 2 N–H and O–H groups in total. The van der Waals surface area contributed by atoms with Crippen LogP contribution >= 0.6 is 15.9 Å². The Hall–Kier alpha value is -1.82.